The normalized spacial score (nSPS) is 17.8. The number of allylic oxidation sites excluding steroid dienone is 7. The Morgan fingerprint density at radius 2 is 2.20 bits per heavy atom. The van der Waals surface area contributed by atoms with E-state index < -0.39 is 0 Å². The van der Waals surface area contributed by atoms with Crippen molar-refractivity contribution in [2.24, 2.45) is 0 Å². The molecule has 0 amide bonds. The van der Waals surface area contributed by atoms with Crippen molar-refractivity contribution in [2.75, 3.05) is 0 Å². The molecule has 0 spiro atoms. The summed E-state index contributed by atoms with van der Waals surface area (Å²) in [4.78, 5) is 0. The van der Waals surface area contributed by atoms with Gasteiger partial charge < -0.3 is 0 Å². The lowest BCUT2D eigenvalue weighted by Crippen LogP contribution is -1.79. The third kappa shape index (κ3) is 2.65. The van der Waals surface area contributed by atoms with E-state index in [4.69, 9.17) is 0 Å². The fourth-order valence-corrected chi connectivity index (χ4v) is 0.700. The minimum absolute atomic E-state index is 0. The van der Waals surface area contributed by atoms with Crippen molar-refractivity contribution in [1.29, 1.82) is 0 Å². The van der Waals surface area contributed by atoms with Crippen molar-refractivity contribution in [3.63, 3.8) is 0 Å². The predicted molar refractivity (Wildman–Crippen MR) is 51.2 cm³/mol. The molecule has 0 unspecified atom stereocenters. The highest BCUT2D eigenvalue weighted by molar-refractivity contribution is 7.59. The van der Waals surface area contributed by atoms with Gasteiger partial charge in [0.15, 0.2) is 0 Å². The summed E-state index contributed by atoms with van der Waals surface area (Å²) in [6, 6.07) is 0. The topological polar surface area (TPSA) is 0 Å². The first-order valence-corrected chi connectivity index (χ1v) is 2.94. The molecule has 1 rings (SSSR count). The van der Waals surface area contributed by atoms with E-state index in [1.165, 1.54) is 5.57 Å². The molecule has 0 radical (unpaired) electrons. The Kier molecular flexibility index (Phi) is 4.59. The first kappa shape index (κ1) is 9.18. The lowest BCUT2D eigenvalue weighted by molar-refractivity contribution is 1.53. The van der Waals surface area contributed by atoms with Crippen LogP contribution in [0, 0.1) is 6.42 Å². The second kappa shape index (κ2) is 5.00. The molecule has 0 fully saturated rings. The summed E-state index contributed by atoms with van der Waals surface area (Å²) in [7, 11) is 0. The van der Waals surface area contributed by atoms with E-state index in [0.717, 1.165) is 0 Å². The maximum Gasteiger partial charge on any atom is -0.108 e. The summed E-state index contributed by atoms with van der Waals surface area (Å²) in [5.41, 5.74) is 1.20. The Morgan fingerprint density at radius 1 is 1.40 bits per heavy atom. The first-order valence-electron chi connectivity index (χ1n) is 2.94. The molecule has 0 saturated carbocycles. The maximum absolute atomic E-state index is 3.60. The molecule has 0 N–H and O–H groups in total. The lowest BCUT2D eigenvalue weighted by Gasteiger charge is -2.07. The van der Waals surface area contributed by atoms with E-state index in [0.29, 0.717) is 0 Å². The van der Waals surface area contributed by atoms with Crippen LogP contribution in [-0.4, -0.2) is 0 Å². The molecule has 0 nitrogen and oxygen atoms in total. The molecule has 1 aliphatic rings. The predicted octanol–water partition coefficient (Wildman–Crippen LogP) is 2.54. The molecule has 10 heavy (non-hydrogen) atoms. The van der Waals surface area contributed by atoms with Crippen molar-refractivity contribution < 1.29 is 0 Å². The van der Waals surface area contributed by atoms with Gasteiger partial charge in [0.05, 0.1) is 0 Å². The Morgan fingerprint density at radius 3 is 2.70 bits per heavy atom. The molecule has 0 atom stereocenters. The Balaban J connectivity index is 0.000000810. The maximum atomic E-state index is 3.60. The van der Waals surface area contributed by atoms with Gasteiger partial charge in [0.2, 0.25) is 0 Å². The van der Waals surface area contributed by atoms with Crippen LogP contribution in [0.15, 0.2) is 48.6 Å². The average molecular weight is 151 g/mol. The van der Waals surface area contributed by atoms with Crippen LogP contribution in [0.4, 0.5) is 0 Å². The molecule has 0 bridgehead atoms. The molecule has 0 saturated heterocycles. The van der Waals surface area contributed by atoms with Crippen LogP contribution in [0.5, 0.6) is 0 Å². The van der Waals surface area contributed by atoms with E-state index in [1.54, 1.807) is 6.08 Å². The van der Waals surface area contributed by atoms with Crippen LogP contribution in [0.1, 0.15) is 0 Å². The van der Waals surface area contributed by atoms with E-state index in [-0.39, 0.29) is 13.5 Å². The van der Waals surface area contributed by atoms with Gasteiger partial charge in [0, 0.05) is 0 Å². The summed E-state index contributed by atoms with van der Waals surface area (Å²) in [5, 5.41) is 0. The highest BCUT2D eigenvalue weighted by atomic mass is 32.1. The smallest absolute Gasteiger partial charge is 0.108 e. The van der Waals surface area contributed by atoms with E-state index >= 15 is 0 Å². The van der Waals surface area contributed by atoms with Crippen LogP contribution in [0.3, 0.4) is 0 Å². The van der Waals surface area contributed by atoms with Crippen molar-refractivity contribution >= 4 is 13.5 Å². The Hall–Kier alpha value is -0.820. The average Bonchev–Trinajstić information content (AvgIpc) is 1.91. The second-order valence-corrected chi connectivity index (χ2v) is 1.81. The van der Waals surface area contributed by atoms with Gasteiger partial charge in [-0.1, -0.05) is 0 Å². The standard InChI is InChI=1S/C9H9.H2S/c1-2-6-9-7-4-3-5-8-9;/h2-8H,1H2;1H2/q-1;. The fraction of sp³-hybridized carbons (Fsp3) is 0. The third-order valence-electron chi connectivity index (χ3n) is 1.11. The number of hydrogen-bond donors (Lipinski definition) is 0. The molecular formula is C9H11S-. The largest absolute Gasteiger partial charge is 0.197 e. The SMILES string of the molecule is C=CC=C1C=CC=C[CH-]1.S. The van der Waals surface area contributed by atoms with Crippen LogP contribution >= 0.6 is 13.5 Å². The fourth-order valence-electron chi connectivity index (χ4n) is 0.700. The highest BCUT2D eigenvalue weighted by Gasteiger charge is 1.79. The summed E-state index contributed by atoms with van der Waals surface area (Å²) >= 11 is 0. The summed E-state index contributed by atoms with van der Waals surface area (Å²) in [5.74, 6) is 0. The van der Waals surface area contributed by atoms with Gasteiger partial charge >= 0.3 is 0 Å². The molecular weight excluding hydrogens is 140 g/mol. The minimum atomic E-state index is 0. The van der Waals surface area contributed by atoms with Crippen LogP contribution in [0.25, 0.3) is 0 Å². The summed E-state index contributed by atoms with van der Waals surface area (Å²) < 4.78 is 0. The van der Waals surface area contributed by atoms with Crippen LogP contribution in [-0.2, 0) is 0 Å². The zero-order valence-corrected chi connectivity index (χ0v) is 6.75. The van der Waals surface area contributed by atoms with E-state index in [9.17, 15) is 0 Å². The molecule has 0 aromatic carbocycles. The minimum Gasteiger partial charge on any atom is -0.197 e. The van der Waals surface area contributed by atoms with Crippen LogP contribution < -0.4 is 0 Å². The van der Waals surface area contributed by atoms with Gasteiger partial charge in [-0.25, -0.2) is 0 Å². The van der Waals surface area contributed by atoms with Crippen molar-refractivity contribution in [1.82, 2.24) is 0 Å². The number of rotatable bonds is 1. The zero-order chi connectivity index (χ0) is 6.53. The zero-order valence-electron chi connectivity index (χ0n) is 5.75. The van der Waals surface area contributed by atoms with Gasteiger partial charge in [0.1, 0.15) is 0 Å². The molecule has 54 valence electrons. The lowest BCUT2D eigenvalue weighted by atomic mass is 10.1. The third-order valence-corrected chi connectivity index (χ3v) is 1.11. The van der Waals surface area contributed by atoms with Crippen molar-refractivity contribution in [3.8, 4) is 0 Å². The summed E-state index contributed by atoms with van der Waals surface area (Å²) in [6.45, 7) is 3.60. The molecule has 0 aliphatic heterocycles. The van der Waals surface area contributed by atoms with E-state index in [2.05, 4.69) is 6.58 Å². The van der Waals surface area contributed by atoms with Crippen LogP contribution in [0.2, 0.25) is 0 Å². The van der Waals surface area contributed by atoms with Crippen molar-refractivity contribution in [3.05, 3.63) is 55.0 Å². The molecule has 0 aromatic heterocycles. The van der Waals surface area contributed by atoms with Gasteiger partial charge in [-0.05, 0) is 0 Å². The monoisotopic (exact) mass is 151 g/mol. The van der Waals surface area contributed by atoms with Gasteiger partial charge in [-0.15, -0.1) is 55.0 Å². The van der Waals surface area contributed by atoms with Crippen molar-refractivity contribution in [2.45, 2.75) is 0 Å². The summed E-state index contributed by atoms with van der Waals surface area (Å²) in [6.07, 6.45) is 13.9. The van der Waals surface area contributed by atoms with Gasteiger partial charge in [-0.3, -0.25) is 0 Å². The Bertz CT molecular complexity index is 185. The van der Waals surface area contributed by atoms with Gasteiger partial charge in [0.25, 0.3) is 0 Å². The van der Waals surface area contributed by atoms with Gasteiger partial charge in [-0.2, -0.15) is 13.5 Å². The highest BCUT2D eigenvalue weighted by Crippen LogP contribution is 2.07. The van der Waals surface area contributed by atoms with E-state index in [1.807, 2.05) is 36.8 Å². The molecule has 1 heteroatoms. The first-order chi connectivity index (χ1) is 4.43. The Labute approximate surface area is 69.1 Å². The molecule has 0 aromatic rings. The quantitative estimate of drug-likeness (QED) is 0.505. The molecule has 1 aliphatic carbocycles. The molecule has 0 heterocycles. The second-order valence-electron chi connectivity index (χ2n) is 1.81. The number of hydrogen-bond acceptors (Lipinski definition) is 0.